The first-order chi connectivity index (χ1) is 10.9. The van der Waals surface area contributed by atoms with E-state index in [2.05, 4.69) is 31.3 Å². The number of benzene rings is 2. The molecule has 1 N–H and O–H groups in total. The molecule has 0 saturated carbocycles. The quantitative estimate of drug-likeness (QED) is 0.725. The maximum atomic E-state index is 14.0. The number of hydrogen-bond donors (Lipinski definition) is 1. The number of nitrogens with zero attached hydrogens (tertiary/aromatic N) is 3. The van der Waals surface area contributed by atoms with E-state index in [4.69, 9.17) is 0 Å². The minimum Gasteiger partial charge on any atom is -0.320 e. The van der Waals surface area contributed by atoms with Crippen LogP contribution in [-0.4, -0.2) is 14.8 Å². The van der Waals surface area contributed by atoms with Crippen LogP contribution in [0.2, 0.25) is 0 Å². The van der Waals surface area contributed by atoms with Crippen LogP contribution < -0.4 is 5.32 Å². The fraction of sp³-hybridized carbons (Fsp3) is 0.0667. The zero-order valence-corrected chi connectivity index (χ0v) is 13.4. The maximum absolute atomic E-state index is 14.0. The molecule has 8 heteroatoms. The third kappa shape index (κ3) is 3.21. The van der Waals surface area contributed by atoms with Gasteiger partial charge in [-0.3, -0.25) is 0 Å². The summed E-state index contributed by atoms with van der Waals surface area (Å²) in [7, 11) is 0. The van der Waals surface area contributed by atoms with Crippen molar-refractivity contribution in [2.24, 2.45) is 0 Å². The van der Waals surface area contributed by atoms with E-state index in [1.165, 1.54) is 17.1 Å². The number of halogens is 4. The molecule has 1 heterocycles. The second-order valence-corrected chi connectivity index (χ2v) is 5.70. The number of hydrogen-bond acceptors (Lipinski definition) is 3. The average Bonchev–Trinajstić information content (AvgIpc) is 2.95. The van der Waals surface area contributed by atoms with Crippen LogP contribution in [-0.2, 0) is 0 Å². The van der Waals surface area contributed by atoms with E-state index < -0.39 is 17.5 Å². The molecule has 3 aromatic rings. The Labute approximate surface area is 138 Å². The number of nitrogens with one attached hydrogen (secondary N) is 1. The molecule has 0 atom stereocenters. The predicted molar refractivity (Wildman–Crippen MR) is 83.4 cm³/mol. The number of rotatable bonds is 3. The lowest BCUT2D eigenvalue weighted by molar-refractivity contribution is 0.507. The Kier molecular flexibility index (Phi) is 4.08. The SMILES string of the molecule is Cc1cc(Br)c(F)c(Nc2ncn(-c3ccc(F)c(F)c3)n2)c1. The van der Waals surface area contributed by atoms with Gasteiger partial charge in [0.1, 0.15) is 6.33 Å². The highest BCUT2D eigenvalue weighted by atomic mass is 79.9. The lowest BCUT2D eigenvalue weighted by atomic mass is 10.2. The van der Waals surface area contributed by atoms with E-state index in [1.54, 1.807) is 12.1 Å². The Morgan fingerprint density at radius 1 is 1.09 bits per heavy atom. The van der Waals surface area contributed by atoms with Crippen molar-refractivity contribution in [3.05, 3.63) is 64.1 Å². The van der Waals surface area contributed by atoms with Gasteiger partial charge in [-0.05, 0) is 52.7 Å². The van der Waals surface area contributed by atoms with Gasteiger partial charge in [-0.2, -0.15) is 4.98 Å². The topological polar surface area (TPSA) is 42.7 Å². The summed E-state index contributed by atoms with van der Waals surface area (Å²) in [4.78, 5) is 3.98. The molecule has 0 aliphatic rings. The van der Waals surface area contributed by atoms with Gasteiger partial charge in [-0.25, -0.2) is 17.9 Å². The summed E-state index contributed by atoms with van der Waals surface area (Å²) in [6.07, 6.45) is 1.32. The summed E-state index contributed by atoms with van der Waals surface area (Å²) < 4.78 is 41.8. The van der Waals surface area contributed by atoms with Crippen LogP contribution in [0.1, 0.15) is 5.56 Å². The average molecular weight is 383 g/mol. The van der Waals surface area contributed by atoms with E-state index in [1.807, 2.05) is 6.92 Å². The predicted octanol–water partition coefficient (Wildman–Crippen LogP) is 4.50. The fourth-order valence-corrected chi connectivity index (χ4v) is 2.58. The van der Waals surface area contributed by atoms with Crippen molar-refractivity contribution in [1.29, 1.82) is 0 Å². The van der Waals surface area contributed by atoms with E-state index in [0.29, 0.717) is 10.2 Å². The molecule has 0 amide bonds. The van der Waals surface area contributed by atoms with Crippen molar-refractivity contribution in [3.8, 4) is 5.69 Å². The summed E-state index contributed by atoms with van der Waals surface area (Å²) in [5.41, 5.74) is 1.36. The van der Waals surface area contributed by atoms with Gasteiger partial charge in [-0.15, -0.1) is 5.10 Å². The number of aryl methyl sites for hydroxylation is 1. The highest BCUT2D eigenvalue weighted by Crippen LogP contribution is 2.26. The second kappa shape index (κ2) is 6.04. The van der Waals surface area contributed by atoms with Crippen LogP contribution in [0.4, 0.5) is 24.8 Å². The van der Waals surface area contributed by atoms with Crippen molar-refractivity contribution in [1.82, 2.24) is 14.8 Å². The molecule has 3 rings (SSSR count). The molecule has 0 bridgehead atoms. The van der Waals surface area contributed by atoms with Gasteiger partial charge >= 0.3 is 0 Å². The molecular weight excluding hydrogens is 373 g/mol. The van der Waals surface area contributed by atoms with Gasteiger partial charge in [-0.1, -0.05) is 0 Å². The highest BCUT2D eigenvalue weighted by Gasteiger charge is 2.11. The zero-order valence-electron chi connectivity index (χ0n) is 11.8. The molecule has 1 aromatic heterocycles. The van der Waals surface area contributed by atoms with E-state index in [9.17, 15) is 13.2 Å². The Hall–Kier alpha value is -2.35. The molecular formula is C15H10BrF3N4. The molecule has 23 heavy (non-hydrogen) atoms. The van der Waals surface area contributed by atoms with Crippen LogP contribution in [0.5, 0.6) is 0 Å². The van der Waals surface area contributed by atoms with E-state index in [-0.39, 0.29) is 11.6 Å². The molecule has 0 aliphatic carbocycles. The van der Waals surface area contributed by atoms with Crippen LogP contribution in [0, 0.1) is 24.4 Å². The number of aromatic nitrogens is 3. The van der Waals surface area contributed by atoms with Crippen LogP contribution in [0.15, 0.2) is 41.1 Å². The molecule has 0 aliphatic heterocycles. The molecule has 0 unspecified atom stereocenters. The van der Waals surface area contributed by atoms with Crippen LogP contribution in [0.25, 0.3) is 5.69 Å². The highest BCUT2D eigenvalue weighted by molar-refractivity contribution is 9.10. The zero-order chi connectivity index (χ0) is 16.6. The normalized spacial score (nSPS) is 10.8. The van der Waals surface area contributed by atoms with Gasteiger partial charge in [0.25, 0.3) is 0 Å². The molecule has 0 saturated heterocycles. The summed E-state index contributed by atoms with van der Waals surface area (Å²) in [5.74, 6) is -2.27. The smallest absolute Gasteiger partial charge is 0.247 e. The van der Waals surface area contributed by atoms with Gasteiger partial charge in [0.2, 0.25) is 5.95 Å². The molecule has 4 nitrogen and oxygen atoms in total. The Morgan fingerprint density at radius 3 is 2.61 bits per heavy atom. The standard InChI is InChI=1S/C15H10BrF3N4/c1-8-4-10(16)14(19)13(5-8)21-15-20-7-23(22-15)9-2-3-11(17)12(18)6-9/h2-7H,1H3,(H,21,22). The Bertz CT molecular complexity index is 879. The van der Waals surface area contributed by atoms with Crippen molar-refractivity contribution >= 4 is 27.6 Å². The van der Waals surface area contributed by atoms with Crippen LogP contribution >= 0.6 is 15.9 Å². The molecule has 118 valence electrons. The fourth-order valence-electron chi connectivity index (χ4n) is 2.01. The lowest BCUT2D eigenvalue weighted by Gasteiger charge is -2.07. The monoisotopic (exact) mass is 382 g/mol. The molecule has 2 aromatic carbocycles. The van der Waals surface area contributed by atoms with Crippen molar-refractivity contribution in [2.75, 3.05) is 5.32 Å². The lowest BCUT2D eigenvalue weighted by Crippen LogP contribution is -2.00. The third-order valence-electron chi connectivity index (χ3n) is 3.08. The van der Waals surface area contributed by atoms with Crippen molar-refractivity contribution in [2.45, 2.75) is 6.92 Å². The minimum atomic E-state index is -0.985. The largest absolute Gasteiger partial charge is 0.320 e. The molecule has 0 spiro atoms. The van der Waals surface area contributed by atoms with Crippen LogP contribution in [0.3, 0.4) is 0 Å². The second-order valence-electron chi connectivity index (χ2n) is 4.84. The summed E-state index contributed by atoms with van der Waals surface area (Å²) in [6, 6.07) is 6.61. The van der Waals surface area contributed by atoms with Gasteiger partial charge in [0.15, 0.2) is 17.5 Å². The Morgan fingerprint density at radius 2 is 1.87 bits per heavy atom. The summed E-state index contributed by atoms with van der Waals surface area (Å²) in [5, 5.41) is 6.82. The first-order valence-electron chi connectivity index (χ1n) is 6.54. The van der Waals surface area contributed by atoms with Gasteiger partial charge in [0.05, 0.1) is 15.8 Å². The summed E-state index contributed by atoms with van der Waals surface area (Å²) >= 11 is 3.13. The Balaban J connectivity index is 1.89. The van der Waals surface area contributed by atoms with Crippen molar-refractivity contribution in [3.63, 3.8) is 0 Å². The first kappa shape index (κ1) is 15.5. The van der Waals surface area contributed by atoms with E-state index >= 15 is 0 Å². The first-order valence-corrected chi connectivity index (χ1v) is 7.33. The van der Waals surface area contributed by atoms with Gasteiger partial charge < -0.3 is 5.32 Å². The number of anilines is 2. The van der Waals surface area contributed by atoms with Crippen molar-refractivity contribution < 1.29 is 13.2 Å². The minimum absolute atomic E-state index is 0.131. The third-order valence-corrected chi connectivity index (χ3v) is 3.66. The van der Waals surface area contributed by atoms with Gasteiger partial charge in [0, 0.05) is 6.07 Å². The molecule has 0 fully saturated rings. The summed E-state index contributed by atoms with van der Waals surface area (Å²) in [6.45, 7) is 1.82. The molecule has 0 radical (unpaired) electrons. The van der Waals surface area contributed by atoms with E-state index in [0.717, 1.165) is 17.7 Å². The maximum Gasteiger partial charge on any atom is 0.247 e.